The van der Waals surface area contributed by atoms with Crippen LogP contribution in [0.2, 0.25) is 0 Å². The molecule has 0 atom stereocenters. The first-order valence-electron chi connectivity index (χ1n) is 6.80. The maximum Gasteiger partial charge on any atom is 0.160 e. The molecule has 1 saturated heterocycles. The largest absolute Gasteiger partial charge is 0.493 e. The summed E-state index contributed by atoms with van der Waals surface area (Å²) in [4.78, 5) is 0. The van der Waals surface area contributed by atoms with Crippen LogP contribution >= 0.6 is 0 Å². The van der Waals surface area contributed by atoms with Gasteiger partial charge in [-0.1, -0.05) is 12.1 Å². The zero-order valence-electron chi connectivity index (χ0n) is 11.6. The molecule has 108 valence electrons. The predicted molar refractivity (Wildman–Crippen MR) is 76.1 cm³/mol. The maximum atomic E-state index is 8.74. The molecule has 1 aromatic rings. The van der Waals surface area contributed by atoms with Crippen molar-refractivity contribution in [2.24, 2.45) is 0 Å². The molecule has 5 heteroatoms. The number of nitriles is 2. The van der Waals surface area contributed by atoms with Gasteiger partial charge in [0, 0.05) is 6.42 Å². The van der Waals surface area contributed by atoms with Crippen molar-refractivity contribution in [2.75, 3.05) is 19.8 Å². The van der Waals surface area contributed by atoms with Crippen molar-refractivity contribution < 1.29 is 14.2 Å². The Balaban J connectivity index is 1.88. The molecule has 0 unspecified atom stereocenters. The van der Waals surface area contributed by atoms with Crippen molar-refractivity contribution in [1.82, 2.24) is 0 Å². The van der Waals surface area contributed by atoms with Crippen LogP contribution in [0.4, 0.5) is 0 Å². The molecule has 0 spiro atoms. The fourth-order valence-corrected chi connectivity index (χ4v) is 1.93. The molecule has 1 fully saturated rings. The summed E-state index contributed by atoms with van der Waals surface area (Å²) in [5, 5.41) is 17.5. The van der Waals surface area contributed by atoms with E-state index >= 15 is 0 Å². The second-order valence-corrected chi connectivity index (χ2v) is 4.52. The van der Waals surface area contributed by atoms with Gasteiger partial charge in [-0.3, -0.25) is 0 Å². The highest BCUT2D eigenvalue weighted by atomic mass is 16.7. The summed E-state index contributed by atoms with van der Waals surface area (Å²) < 4.78 is 16.5. The topological polar surface area (TPSA) is 75.3 Å². The molecule has 0 aromatic heterocycles. The molecule has 1 heterocycles. The minimum Gasteiger partial charge on any atom is -0.493 e. The van der Waals surface area contributed by atoms with Gasteiger partial charge in [0.05, 0.1) is 19.8 Å². The van der Waals surface area contributed by atoms with E-state index in [1.54, 1.807) is 6.07 Å². The number of hydrogen-bond donors (Lipinski definition) is 0. The van der Waals surface area contributed by atoms with E-state index in [-0.39, 0.29) is 11.9 Å². The van der Waals surface area contributed by atoms with E-state index in [4.69, 9.17) is 24.7 Å². The fraction of sp³-hybridized carbons (Fsp3) is 0.375. The Kier molecular flexibility index (Phi) is 5.78. The first-order valence-corrected chi connectivity index (χ1v) is 6.80. The molecule has 1 aliphatic heterocycles. The monoisotopic (exact) mass is 284 g/mol. The van der Waals surface area contributed by atoms with E-state index in [1.807, 2.05) is 30.3 Å². The van der Waals surface area contributed by atoms with Gasteiger partial charge in [-0.25, -0.2) is 0 Å². The highest BCUT2D eigenvalue weighted by Gasteiger charge is 2.13. The second kappa shape index (κ2) is 8.06. The van der Waals surface area contributed by atoms with Crippen molar-refractivity contribution >= 4 is 6.08 Å². The van der Waals surface area contributed by atoms with Crippen LogP contribution in [0.5, 0.6) is 5.75 Å². The number of rotatable bonds is 5. The standard InChI is InChI=1S/C16H16N2O3/c17-11-14(12-18)9-13-3-1-4-15(10-13)19-8-5-16-20-6-2-7-21-16/h1,3-4,9-10,16H,2,5-8H2. The van der Waals surface area contributed by atoms with Gasteiger partial charge in [-0.05, 0) is 30.2 Å². The van der Waals surface area contributed by atoms with Crippen molar-refractivity contribution in [1.29, 1.82) is 10.5 Å². The summed E-state index contributed by atoms with van der Waals surface area (Å²) >= 11 is 0. The van der Waals surface area contributed by atoms with Crippen LogP contribution in [-0.2, 0) is 9.47 Å². The molecule has 0 bridgehead atoms. The van der Waals surface area contributed by atoms with Crippen molar-refractivity contribution in [3.05, 3.63) is 35.4 Å². The zero-order chi connectivity index (χ0) is 14.9. The van der Waals surface area contributed by atoms with E-state index in [2.05, 4.69) is 0 Å². The van der Waals surface area contributed by atoms with E-state index in [1.165, 1.54) is 6.08 Å². The van der Waals surface area contributed by atoms with E-state index < -0.39 is 0 Å². The number of nitrogens with zero attached hydrogens (tertiary/aromatic N) is 2. The van der Waals surface area contributed by atoms with Crippen LogP contribution in [0.25, 0.3) is 6.08 Å². The highest BCUT2D eigenvalue weighted by Crippen LogP contribution is 2.17. The Morgan fingerprint density at radius 2 is 2.05 bits per heavy atom. The highest BCUT2D eigenvalue weighted by molar-refractivity contribution is 5.62. The molecule has 0 radical (unpaired) electrons. The normalized spacial score (nSPS) is 14.8. The summed E-state index contributed by atoms with van der Waals surface area (Å²) in [6.07, 6.45) is 2.94. The smallest absolute Gasteiger partial charge is 0.160 e. The molecule has 1 aromatic carbocycles. The van der Waals surface area contributed by atoms with Crippen molar-refractivity contribution in [2.45, 2.75) is 19.1 Å². The average Bonchev–Trinajstić information content (AvgIpc) is 2.54. The molecule has 5 nitrogen and oxygen atoms in total. The van der Waals surface area contributed by atoms with Gasteiger partial charge in [-0.15, -0.1) is 0 Å². The van der Waals surface area contributed by atoms with Gasteiger partial charge in [0.2, 0.25) is 0 Å². The fourth-order valence-electron chi connectivity index (χ4n) is 1.93. The average molecular weight is 284 g/mol. The number of benzene rings is 1. The minimum absolute atomic E-state index is 0.0659. The zero-order valence-corrected chi connectivity index (χ0v) is 11.6. The first-order chi connectivity index (χ1) is 10.3. The molecular weight excluding hydrogens is 268 g/mol. The summed E-state index contributed by atoms with van der Waals surface area (Å²) in [5.74, 6) is 0.690. The third kappa shape index (κ3) is 4.92. The van der Waals surface area contributed by atoms with Crippen LogP contribution in [0.3, 0.4) is 0 Å². The molecule has 1 aliphatic rings. The quantitative estimate of drug-likeness (QED) is 0.777. The Bertz CT molecular complexity index is 562. The van der Waals surface area contributed by atoms with Crippen LogP contribution < -0.4 is 4.74 Å². The third-order valence-electron chi connectivity index (χ3n) is 2.93. The summed E-state index contributed by atoms with van der Waals surface area (Å²) in [5.41, 5.74) is 0.826. The molecule has 0 aliphatic carbocycles. The summed E-state index contributed by atoms with van der Waals surface area (Å²) in [6, 6.07) is 10.9. The lowest BCUT2D eigenvalue weighted by Gasteiger charge is -2.23. The first kappa shape index (κ1) is 15.1. The molecule has 2 rings (SSSR count). The third-order valence-corrected chi connectivity index (χ3v) is 2.93. The van der Waals surface area contributed by atoms with Gasteiger partial charge < -0.3 is 14.2 Å². The summed E-state index contributed by atoms with van der Waals surface area (Å²) in [6.45, 7) is 1.95. The van der Waals surface area contributed by atoms with Crippen LogP contribution in [0.1, 0.15) is 18.4 Å². The van der Waals surface area contributed by atoms with E-state index in [9.17, 15) is 0 Å². The molecular formula is C16H16N2O3. The lowest BCUT2D eigenvalue weighted by Crippen LogP contribution is -2.26. The van der Waals surface area contributed by atoms with E-state index in [0.29, 0.717) is 18.8 Å². The number of ether oxygens (including phenoxy) is 3. The second-order valence-electron chi connectivity index (χ2n) is 4.52. The molecule has 0 saturated carbocycles. The lowest BCUT2D eigenvalue weighted by molar-refractivity contribution is -0.183. The maximum absolute atomic E-state index is 8.74. The molecule has 0 amide bonds. The predicted octanol–water partition coefficient (Wildman–Crippen LogP) is 2.65. The summed E-state index contributed by atoms with van der Waals surface area (Å²) in [7, 11) is 0. The van der Waals surface area contributed by atoms with Gasteiger partial charge in [0.15, 0.2) is 6.29 Å². The van der Waals surface area contributed by atoms with Gasteiger partial charge in [-0.2, -0.15) is 10.5 Å². The molecule has 0 N–H and O–H groups in total. The molecule has 21 heavy (non-hydrogen) atoms. The van der Waals surface area contributed by atoms with Gasteiger partial charge >= 0.3 is 0 Å². The van der Waals surface area contributed by atoms with Crippen LogP contribution in [0.15, 0.2) is 29.8 Å². The van der Waals surface area contributed by atoms with Crippen LogP contribution in [0, 0.1) is 22.7 Å². The van der Waals surface area contributed by atoms with Crippen molar-refractivity contribution in [3.8, 4) is 17.9 Å². The van der Waals surface area contributed by atoms with Gasteiger partial charge in [0.25, 0.3) is 0 Å². The lowest BCUT2D eigenvalue weighted by atomic mass is 10.1. The van der Waals surface area contributed by atoms with Gasteiger partial charge in [0.1, 0.15) is 23.5 Å². The Labute approximate surface area is 124 Å². The van der Waals surface area contributed by atoms with E-state index in [0.717, 1.165) is 25.2 Å². The van der Waals surface area contributed by atoms with Crippen LogP contribution in [-0.4, -0.2) is 26.1 Å². The Morgan fingerprint density at radius 1 is 1.29 bits per heavy atom. The SMILES string of the molecule is N#CC(C#N)=Cc1cccc(OCCC2OCCCO2)c1. The Hall–Kier alpha value is -2.34. The number of hydrogen-bond acceptors (Lipinski definition) is 5. The minimum atomic E-state index is -0.189. The Morgan fingerprint density at radius 3 is 2.76 bits per heavy atom. The number of allylic oxidation sites excluding steroid dienone is 1. The van der Waals surface area contributed by atoms with Crippen molar-refractivity contribution in [3.63, 3.8) is 0 Å².